The summed E-state index contributed by atoms with van der Waals surface area (Å²) in [5.41, 5.74) is -0.726. The van der Waals surface area contributed by atoms with Crippen LogP contribution in [0.25, 0.3) is 0 Å². The number of carbonyl (C=O) groups is 2. The Hall–Kier alpha value is -1.94. The Bertz CT molecular complexity index is 1370. The molecule has 10 heteroatoms. The standard InChI is InChI=1S/C32H46N2O6S2/c1-29(2)23-15-17-31(29)21-41(37,38)33(25(31)19-23)27(35)13-11-9-7-5-6-8-10-12-14-28(36)34-26-20-24-16-18-32(26,30(24,3)4)22-42(34,39)40/h5-6,11-14,23-26H,7-10,15-22H2,1-4H3/b6-5+,13-11+,14-12+/t23-,24-,25-,26-,31-,32-/m0/s1. The molecule has 2 spiro atoms. The van der Waals surface area contributed by atoms with Crippen LogP contribution in [0.15, 0.2) is 36.5 Å². The first-order chi connectivity index (χ1) is 19.6. The van der Waals surface area contributed by atoms with Gasteiger partial charge >= 0.3 is 0 Å². The van der Waals surface area contributed by atoms with Crippen molar-refractivity contribution in [1.82, 2.24) is 8.61 Å². The number of unbranched alkanes of at least 4 members (excludes halogenated alkanes) is 2. The summed E-state index contributed by atoms with van der Waals surface area (Å²) < 4.78 is 54.4. The van der Waals surface area contributed by atoms with E-state index in [-0.39, 0.29) is 45.2 Å². The van der Waals surface area contributed by atoms with E-state index in [1.807, 2.05) is 12.2 Å². The van der Waals surface area contributed by atoms with Crippen LogP contribution in [0, 0.1) is 33.5 Å². The maximum Gasteiger partial charge on any atom is 0.259 e. The third-order valence-electron chi connectivity index (χ3n) is 12.9. The van der Waals surface area contributed by atoms with Gasteiger partial charge in [0.1, 0.15) is 0 Å². The lowest BCUT2D eigenvalue weighted by Crippen LogP contribution is -2.43. The van der Waals surface area contributed by atoms with Crippen molar-refractivity contribution >= 4 is 31.9 Å². The normalized spacial score (nSPS) is 39.7. The molecule has 8 nitrogen and oxygen atoms in total. The molecule has 0 aromatic carbocycles. The molecule has 4 bridgehead atoms. The van der Waals surface area contributed by atoms with Crippen molar-refractivity contribution in [3.63, 3.8) is 0 Å². The molecule has 6 atom stereocenters. The predicted octanol–water partition coefficient (Wildman–Crippen LogP) is 4.95. The molecule has 2 saturated heterocycles. The number of hydrogen-bond acceptors (Lipinski definition) is 6. The summed E-state index contributed by atoms with van der Waals surface area (Å²) in [5.74, 6) is 0.295. The minimum Gasteiger partial charge on any atom is -0.269 e. The Morgan fingerprint density at radius 2 is 1.00 bits per heavy atom. The molecule has 0 aromatic heterocycles. The monoisotopic (exact) mass is 618 g/mol. The van der Waals surface area contributed by atoms with Crippen LogP contribution < -0.4 is 0 Å². The van der Waals surface area contributed by atoms with E-state index in [4.69, 9.17) is 0 Å². The SMILES string of the molecule is CC1(C)[C@H]2CC[C@@]13CS(=O)(=O)N(C(=O)/C=C/CC/C=C/CC/C=C/C(=O)N1[C@H]4C[C@@H]5CC[C@@]4(CS1(=O)=O)C5(C)C)[C@H]3C2. The molecule has 0 unspecified atom stereocenters. The Kier molecular flexibility index (Phi) is 7.01. The lowest BCUT2D eigenvalue weighted by atomic mass is 9.69. The van der Waals surface area contributed by atoms with Gasteiger partial charge in [-0.2, -0.15) is 0 Å². The van der Waals surface area contributed by atoms with Crippen molar-refractivity contribution in [2.45, 2.75) is 104 Å². The van der Waals surface area contributed by atoms with E-state index in [1.165, 1.54) is 20.8 Å². The number of sulfonamides is 2. The van der Waals surface area contributed by atoms with Gasteiger partial charge in [0.2, 0.25) is 20.0 Å². The highest BCUT2D eigenvalue weighted by Gasteiger charge is 2.73. The van der Waals surface area contributed by atoms with Crippen molar-refractivity contribution in [3.05, 3.63) is 36.5 Å². The van der Waals surface area contributed by atoms with Gasteiger partial charge in [-0.25, -0.2) is 25.4 Å². The Morgan fingerprint density at radius 1 is 0.643 bits per heavy atom. The van der Waals surface area contributed by atoms with Crippen molar-refractivity contribution in [2.24, 2.45) is 33.5 Å². The van der Waals surface area contributed by atoms with Crippen LogP contribution in [0.4, 0.5) is 0 Å². The minimum atomic E-state index is -3.60. The van der Waals surface area contributed by atoms with Crippen molar-refractivity contribution in [3.8, 4) is 0 Å². The third-order valence-corrected chi connectivity index (χ3v) is 16.8. The summed E-state index contributed by atoms with van der Waals surface area (Å²) in [7, 11) is -7.20. The van der Waals surface area contributed by atoms with E-state index in [2.05, 4.69) is 27.7 Å². The number of amides is 2. The van der Waals surface area contributed by atoms with Gasteiger partial charge in [-0.3, -0.25) is 9.59 Å². The molecule has 42 heavy (non-hydrogen) atoms. The smallest absolute Gasteiger partial charge is 0.259 e. The summed E-state index contributed by atoms with van der Waals surface area (Å²) in [6.45, 7) is 8.71. The molecular weight excluding hydrogens is 572 g/mol. The summed E-state index contributed by atoms with van der Waals surface area (Å²) in [6, 6.07) is -0.417. The average Bonchev–Trinajstić information content (AvgIpc) is 3.58. The Labute approximate surface area is 251 Å². The molecule has 0 aromatic rings. The molecule has 2 heterocycles. The predicted molar refractivity (Wildman–Crippen MR) is 162 cm³/mol. The van der Waals surface area contributed by atoms with E-state index in [0.29, 0.717) is 37.5 Å². The molecule has 6 rings (SSSR count). The van der Waals surface area contributed by atoms with Gasteiger partial charge in [0.25, 0.3) is 11.8 Å². The van der Waals surface area contributed by atoms with Gasteiger partial charge in [0, 0.05) is 23.0 Å². The van der Waals surface area contributed by atoms with E-state index in [9.17, 15) is 26.4 Å². The van der Waals surface area contributed by atoms with Crippen LogP contribution in [0.2, 0.25) is 0 Å². The fraction of sp³-hybridized carbons (Fsp3) is 0.750. The van der Waals surface area contributed by atoms with Crippen LogP contribution in [-0.4, -0.2) is 60.8 Å². The van der Waals surface area contributed by atoms with E-state index < -0.39 is 31.9 Å². The molecule has 232 valence electrons. The number of fused-ring (bicyclic) bond motifs is 2. The largest absolute Gasteiger partial charge is 0.269 e. The van der Waals surface area contributed by atoms with Crippen molar-refractivity contribution in [1.29, 1.82) is 0 Å². The second kappa shape index (κ2) is 9.78. The second-order valence-corrected chi connectivity index (χ2v) is 18.6. The molecule has 6 fully saturated rings. The van der Waals surface area contributed by atoms with Crippen LogP contribution in [0.5, 0.6) is 0 Å². The molecule has 2 aliphatic heterocycles. The zero-order valence-electron chi connectivity index (χ0n) is 25.4. The number of rotatable bonds is 8. The Morgan fingerprint density at radius 3 is 1.36 bits per heavy atom. The quantitative estimate of drug-likeness (QED) is 0.216. The van der Waals surface area contributed by atoms with E-state index in [0.717, 1.165) is 38.5 Å². The molecule has 2 amide bonds. The number of carbonyl (C=O) groups excluding carboxylic acids is 2. The lowest BCUT2D eigenvalue weighted by molar-refractivity contribution is -0.124. The van der Waals surface area contributed by atoms with E-state index in [1.54, 1.807) is 12.2 Å². The number of allylic oxidation sites excluding steroid dienone is 4. The van der Waals surface area contributed by atoms with Gasteiger partial charge < -0.3 is 0 Å². The summed E-state index contributed by atoms with van der Waals surface area (Å²) in [4.78, 5) is 26.0. The highest BCUT2D eigenvalue weighted by molar-refractivity contribution is 7.90. The maximum absolute atomic E-state index is 13.0. The van der Waals surface area contributed by atoms with Crippen LogP contribution in [0.1, 0.15) is 91.9 Å². The first-order valence-corrected chi connectivity index (χ1v) is 18.9. The van der Waals surface area contributed by atoms with Gasteiger partial charge in [0.15, 0.2) is 0 Å². The van der Waals surface area contributed by atoms with Crippen molar-refractivity contribution in [2.75, 3.05) is 11.5 Å². The third kappa shape index (κ3) is 4.09. The summed E-state index contributed by atoms with van der Waals surface area (Å²) >= 11 is 0. The summed E-state index contributed by atoms with van der Waals surface area (Å²) in [5, 5.41) is 0. The summed E-state index contributed by atoms with van der Waals surface area (Å²) in [6.07, 6.45) is 18.5. The molecular formula is C32H46N2O6S2. The highest BCUT2D eigenvalue weighted by atomic mass is 32.2. The number of nitrogens with zero attached hydrogens (tertiary/aromatic N) is 2. The van der Waals surface area contributed by atoms with Gasteiger partial charge in [-0.15, -0.1) is 0 Å². The molecule has 4 aliphatic carbocycles. The fourth-order valence-electron chi connectivity index (χ4n) is 10.3. The number of hydrogen-bond donors (Lipinski definition) is 0. The zero-order valence-corrected chi connectivity index (χ0v) is 27.1. The van der Waals surface area contributed by atoms with Crippen LogP contribution in [0.3, 0.4) is 0 Å². The van der Waals surface area contributed by atoms with Crippen LogP contribution in [-0.2, 0) is 29.6 Å². The topological polar surface area (TPSA) is 109 Å². The maximum atomic E-state index is 13.0. The minimum absolute atomic E-state index is 0.0572. The van der Waals surface area contributed by atoms with E-state index >= 15 is 0 Å². The molecule has 0 N–H and O–H groups in total. The van der Waals surface area contributed by atoms with Gasteiger partial charge in [0.05, 0.1) is 23.6 Å². The van der Waals surface area contributed by atoms with Gasteiger partial charge in [-0.05, 0) is 86.9 Å². The second-order valence-electron chi connectivity index (χ2n) is 14.9. The molecule has 4 saturated carbocycles. The molecule has 6 aliphatic rings. The van der Waals surface area contributed by atoms with Gasteiger partial charge in [-0.1, -0.05) is 52.0 Å². The fourth-order valence-corrected chi connectivity index (χ4v) is 15.3. The van der Waals surface area contributed by atoms with Crippen molar-refractivity contribution < 1.29 is 26.4 Å². The Balaban J connectivity index is 0.950. The highest BCUT2D eigenvalue weighted by Crippen LogP contribution is 2.71. The van der Waals surface area contributed by atoms with Crippen LogP contribution >= 0.6 is 0 Å². The first kappa shape index (κ1) is 30.1. The first-order valence-electron chi connectivity index (χ1n) is 15.7. The zero-order chi connectivity index (χ0) is 30.3. The average molecular weight is 619 g/mol. The molecule has 0 radical (unpaired) electrons. The lowest BCUT2D eigenvalue weighted by Gasteiger charge is -2.36.